The number of carbonyl (C=O) groups excluding carboxylic acids is 1. The monoisotopic (exact) mass is 355 g/mol. The Bertz CT molecular complexity index is 743. The summed E-state index contributed by atoms with van der Waals surface area (Å²) in [6, 6.07) is 9.86. The topological polar surface area (TPSA) is 55.3 Å². The zero-order chi connectivity index (χ0) is 18.5. The molecule has 1 saturated heterocycles. The minimum atomic E-state index is 0.0154. The van der Waals surface area contributed by atoms with Crippen molar-refractivity contribution in [1.82, 2.24) is 15.2 Å². The Kier molecular flexibility index (Phi) is 5.99. The quantitative estimate of drug-likeness (QED) is 0.836. The van der Waals surface area contributed by atoms with E-state index in [-0.39, 0.29) is 5.91 Å². The molecule has 0 saturated carbocycles. The van der Waals surface area contributed by atoms with Crippen molar-refractivity contribution in [2.24, 2.45) is 5.92 Å². The third kappa shape index (κ3) is 4.10. The smallest absolute Gasteiger partial charge is 0.253 e. The molecule has 0 bridgehead atoms. The van der Waals surface area contributed by atoms with Crippen molar-refractivity contribution in [3.8, 4) is 11.4 Å². The van der Waals surface area contributed by atoms with Gasteiger partial charge in [-0.3, -0.25) is 4.79 Å². The number of benzene rings is 1. The van der Waals surface area contributed by atoms with Crippen LogP contribution in [-0.4, -0.2) is 37.2 Å². The zero-order valence-electron chi connectivity index (χ0n) is 16.0. The summed E-state index contributed by atoms with van der Waals surface area (Å²) in [7, 11) is 1.66. The molecule has 1 aromatic heterocycles. The van der Waals surface area contributed by atoms with Gasteiger partial charge < -0.3 is 19.9 Å². The Labute approximate surface area is 155 Å². The molecule has 1 fully saturated rings. The number of methoxy groups -OCH3 is 1. The van der Waals surface area contributed by atoms with E-state index in [9.17, 15) is 4.79 Å². The predicted molar refractivity (Wildman–Crippen MR) is 104 cm³/mol. The number of aromatic nitrogens is 1. The van der Waals surface area contributed by atoms with Gasteiger partial charge in [0, 0.05) is 23.6 Å². The molecular weight excluding hydrogens is 326 g/mol. The SMILES string of the molecule is COc1ccc(-n2c(C)cc(C(=O)NCCC3CCCNC3)c2C)cc1. The van der Waals surface area contributed by atoms with Crippen LogP contribution in [0.15, 0.2) is 30.3 Å². The van der Waals surface area contributed by atoms with Gasteiger partial charge in [-0.05, 0) is 82.4 Å². The summed E-state index contributed by atoms with van der Waals surface area (Å²) in [6.45, 7) is 6.96. The number of ether oxygens (including phenoxy) is 1. The van der Waals surface area contributed by atoms with Crippen LogP contribution in [-0.2, 0) is 0 Å². The molecule has 0 aliphatic carbocycles. The van der Waals surface area contributed by atoms with Crippen molar-refractivity contribution in [2.75, 3.05) is 26.7 Å². The molecule has 2 N–H and O–H groups in total. The van der Waals surface area contributed by atoms with E-state index in [0.717, 1.165) is 54.4 Å². The van der Waals surface area contributed by atoms with Crippen molar-refractivity contribution in [3.63, 3.8) is 0 Å². The van der Waals surface area contributed by atoms with Gasteiger partial charge in [-0.25, -0.2) is 0 Å². The second-order valence-corrected chi connectivity index (χ2v) is 7.08. The summed E-state index contributed by atoms with van der Waals surface area (Å²) >= 11 is 0. The van der Waals surface area contributed by atoms with Crippen molar-refractivity contribution in [3.05, 3.63) is 47.3 Å². The summed E-state index contributed by atoms with van der Waals surface area (Å²) in [4.78, 5) is 12.6. The van der Waals surface area contributed by atoms with Crippen LogP contribution in [0.1, 0.15) is 41.0 Å². The molecule has 3 rings (SSSR count). The highest BCUT2D eigenvalue weighted by molar-refractivity contribution is 5.95. The summed E-state index contributed by atoms with van der Waals surface area (Å²) in [6.07, 6.45) is 3.53. The Morgan fingerprint density at radius 2 is 2.08 bits per heavy atom. The van der Waals surface area contributed by atoms with Crippen LogP contribution in [0.5, 0.6) is 5.75 Å². The predicted octanol–water partition coefficient (Wildman–Crippen LogP) is 3.22. The number of nitrogens with one attached hydrogen (secondary N) is 2. The van der Waals surface area contributed by atoms with Gasteiger partial charge >= 0.3 is 0 Å². The summed E-state index contributed by atoms with van der Waals surface area (Å²) < 4.78 is 7.34. The van der Waals surface area contributed by atoms with Crippen molar-refractivity contribution in [2.45, 2.75) is 33.1 Å². The third-order valence-electron chi connectivity index (χ3n) is 5.24. The molecule has 1 aliphatic rings. The van der Waals surface area contributed by atoms with E-state index in [2.05, 4.69) is 15.2 Å². The molecule has 1 unspecified atom stereocenters. The van der Waals surface area contributed by atoms with Gasteiger partial charge in [0.25, 0.3) is 5.91 Å². The van der Waals surface area contributed by atoms with Gasteiger partial charge in [-0.2, -0.15) is 0 Å². The van der Waals surface area contributed by atoms with Gasteiger partial charge in [0.1, 0.15) is 5.75 Å². The van der Waals surface area contributed by atoms with E-state index in [0.29, 0.717) is 5.92 Å². The van der Waals surface area contributed by atoms with Crippen LogP contribution in [0.2, 0.25) is 0 Å². The number of hydrogen-bond donors (Lipinski definition) is 2. The molecule has 1 aliphatic heterocycles. The molecular formula is C21H29N3O2. The Morgan fingerprint density at radius 1 is 1.31 bits per heavy atom. The Hall–Kier alpha value is -2.27. The summed E-state index contributed by atoms with van der Waals surface area (Å²) in [5.74, 6) is 1.52. The number of aryl methyl sites for hydroxylation is 1. The first kappa shape index (κ1) is 18.5. The molecule has 5 heteroatoms. The third-order valence-corrected chi connectivity index (χ3v) is 5.24. The highest BCUT2D eigenvalue weighted by atomic mass is 16.5. The first-order chi connectivity index (χ1) is 12.6. The average molecular weight is 355 g/mol. The maximum Gasteiger partial charge on any atom is 0.253 e. The van der Waals surface area contributed by atoms with Gasteiger partial charge in [-0.15, -0.1) is 0 Å². The van der Waals surface area contributed by atoms with Crippen molar-refractivity contribution < 1.29 is 9.53 Å². The van der Waals surface area contributed by atoms with E-state index in [4.69, 9.17) is 4.74 Å². The lowest BCUT2D eigenvalue weighted by Crippen LogP contribution is -2.33. The van der Waals surface area contributed by atoms with Crippen LogP contribution in [0.4, 0.5) is 0 Å². The van der Waals surface area contributed by atoms with Crippen molar-refractivity contribution in [1.29, 1.82) is 0 Å². The highest BCUT2D eigenvalue weighted by Gasteiger charge is 2.18. The molecule has 1 amide bonds. The van der Waals surface area contributed by atoms with E-state index in [1.807, 2.05) is 44.2 Å². The molecule has 0 spiro atoms. The standard InChI is InChI=1S/C21H29N3O2/c1-15-13-20(21(25)23-12-10-17-5-4-11-22-14-17)16(2)24(15)18-6-8-19(26-3)9-7-18/h6-9,13,17,22H,4-5,10-12,14H2,1-3H3,(H,23,25). The fourth-order valence-electron chi connectivity index (χ4n) is 3.78. The lowest BCUT2D eigenvalue weighted by molar-refractivity contribution is 0.0950. The van der Waals surface area contributed by atoms with Crippen LogP contribution in [0.3, 0.4) is 0 Å². The Balaban J connectivity index is 1.67. The summed E-state index contributed by atoms with van der Waals surface area (Å²) in [5.41, 5.74) is 3.80. The fourth-order valence-corrected chi connectivity index (χ4v) is 3.78. The van der Waals surface area contributed by atoms with Crippen LogP contribution in [0.25, 0.3) is 5.69 Å². The number of carbonyl (C=O) groups is 1. The van der Waals surface area contributed by atoms with E-state index in [1.54, 1.807) is 7.11 Å². The lowest BCUT2D eigenvalue weighted by Gasteiger charge is -2.22. The van der Waals surface area contributed by atoms with Gasteiger partial charge in [-0.1, -0.05) is 0 Å². The number of piperidine rings is 1. The number of nitrogens with zero attached hydrogens (tertiary/aromatic N) is 1. The average Bonchev–Trinajstić information content (AvgIpc) is 2.97. The molecule has 26 heavy (non-hydrogen) atoms. The maximum atomic E-state index is 12.6. The molecule has 1 aromatic carbocycles. The lowest BCUT2D eigenvalue weighted by atomic mass is 9.96. The number of amides is 1. The molecule has 5 nitrogen and oxygen atoms in total. The van der Waals surface area contributed by atoms with Crippen molar-refractivity contribution >= 4 is 5.91 Å². The van der Waals surface area contributed by atoms with E-state index in [1.165, 1.54) is 12.8 Å². The zero-order valence-corrected chi connectivity index (χ0v) is 16.0. The van der Waals surface area contributed by atoms with Crippen LogP contribution >= 0.6 is 0 Å². The second-order valence-electron chi connectivity index (χ2n) is 7.08. The maximum absolute atomic E-state index is 12.6. The second kappa shape index (κ2) is 8.41. The first-order valence-corrected chi connectivity index (χ1v) is 9.42. The fraction of sp³-hybridized carbons (Fsp3) is 0.476. The van der Waals surface area contributed by atoms with Crippen LogP contribution < -0.4 is 15.4 Å². The number of hydrogen-bond acceptors (Lipinski definition) is 3. The normalized spacial score (nSPS) is 17.1. The van der Waals surface area contributed by atoms with Crippen LogP contribution in [0, 0.1) is 19.8 Å². The Morgan fingerprint density at radius 3 is 2.73 bits per heavy atom. The first-order valence-electron chi connectivity index (χ1n) is 9.42. The number of rotatable bonds is 6. The molecule has 2 heterocycles. The minimum Gasteiger partial charge on any atom is -0.497 e. The highest BCUT2D eigenvalue weighted by Crippen LogP contribution is 2.23. The van der Waals surface area contributed by atoms with Gasteiger partial charge in [0.15, 0.2) is 0 Å². The molecule has 1 atom stereocenters. The molecule has 140 valence electrons. The molecule has 2 aromatic rings. The minimum absolute atomic E-state index is 0.0154. The largest absolute Gasteiger partial charge is 0.497 e. The van der Waals surface area contributed by atoms with Gasteiger partial charge in [0.05, 0.1) is 12.7 Å². The van der Waals surface area contributed by atoms with E-state index < -0.39 is 0 Å². The summed E-state index contributed by atoms with van der Waals surface area (Å²) in [5, 5.41) is 6.52. The van der Waals surface area contributed by atoms with E-state index >= 15 is 0 Å². The molecule has 0 radical (unpaired) electrons. The van der Waals surface area contributed by atoms with Gasteiger partial charge in [0.2, 0.25) is 0 Å².